The average Bonchev–Trinajstić information content (AvgIpc) is 3.47. The summed E-state index contributed by atoms with van der Waals surface area (Å²) in [5.74, 6) is 1.97. The van der Waals surface area contributed by atoms with Crippen molar-refractivity contribution < 1.29 is 9.47 Å². The van der Waals surface area contributed by atoms with E-state index in [-0.39, 0.29) is 17.7 Å². The van der Waals surface area contributed by atoms with Crippen LogP contribution in [0.5, 0.6) is 5.75 Å². The molecule has 0 saturated carbocycles. The van der Waals surface area contributed by atoms with Gasteiger partial charge in [0.25, 0.3) is 5.56 Å². The predicted octanol–water partition coefficient (Wildman–Crippen LogP) is 2.52. The normalized spacial score (nSPS) is 22.9. The van der Waals surface area contributed by atoms with Crippen molar-refractivity contribution in [1.29, 1.82) is 0 Å². The van der Waals surface area contributed by atoms with Gasteiger partial charge in [-0.3, -0.25) is 9.69 Å². The standard InChI is InChI=1S/C23H30N6O3/c1-15-5-3-9-28(13-15)21(22-25-26-27-29(22)14-18-6-4-10-32-18)19-11-16-7-8-17(31-2)12-20(16)24-23(19)30/h7-8,11-12,15,18,21H,3-6,9-10,13-14H2,1-2H3,(H,24,30)/t15-,18-,21-/m0/s1. The minimum Gasteiger partial charge on any atom is -0.497 e. The van der Waals surface area contributed by atoms with Gasteiger partial charge in [0.1, 0.15) is 11.8 Å². The van der Waals surface area contributed by atoms with E-state index in [9.17, 15) is 4.79 Å². The molecule has 9 heteroatoms. The van der Waals surface area contributed by atoms with Crippen LogP contribution in [-0.2, 0) is 11.3 Å². The van der Waals surface area contributed by atoms with Crippen LogP contribution in [0.4, 0.5) is 0 Å². The molecule has 2 saturated heterocycles. The van der Waals surface area contributed by atoms with E-state index in [1.807, 2.05) is 28.9 Å². The maximum Gasteiger partial charge on any atom is 0.253 e. The average molecular weight is 439 g/mol. The van der Waals surface area contributed by atoms with Crippen LogP contribution in [-0.4, -0.2) is 63.0 Å². The van der Waals surface area contributed by atoms with E-state index in [0.717, 1.165) is 49.9 Å². The van der Waals surface area contributed by atoms with Gasteiger partial charge in [-0.2, -0.15) is 0 Å². The molecule has 0 unspecified atom stereocenters. The molecule has 2 fully saturated rings. The van der Waals surface area contributed by atoms with E-state index in [0.29, 0.717) is 29.6 Å². The number of piperidine rings is 1. The van der Waals surface area contributed by atoms with E-state index < -0.39 is 0 Å². The molecular weight excluding hydrogens is 408 g/mol. The number of ether oxygens (including phenoxy) is 2. The number of methoxy groups -OCH3 is 1. The van der Waals surface area contributed by atoms with Crippen molar-refractivity contribution in [2.75, 3.05) is 26.8 Å². The lowest BCUT2D eigenvalue weighted by Gasteiger charge is -2.36. The zero-order chi connectivity index (χ0) is 22.1. The molecule has 0 aliphatic carbocycles. The molecule has 1 aromatic carbocycles. The molecule has 2 aliphatic rings. The highest BCUT2D eigenvalue weighted by molar-refractivity contribution is 5.80. The Labute approximate surface area is 186 Å². The molecule has 170 valence electrons. The first-order chi connectivity index (χ1) is 15.6. The van der Waals surface area contributed by atoms with Crippen LogP contribution >= 0.6 is 0 Å². The number of fused-ring (bicyclic) bond motifs is 1. The van der Waals surface area contributed by atoms with Crippen molar-refractivity contribution in [1.82, 2.24) is 30.1 Å². The van der Waals surface area contributed by atoms with Crippen LogP contribution in [0.15, 0.2) is 29.1 Å². The molecule has 2 aromatic heterocycles. The van der Waals surface area contributed by atoms with E-state index >= 15 is 0 Å². The van der Waals surface area contributed by atoms with Crippen LogP contribution in [0.25, 0.3) is 10.9 Å². The summed E-state index contributed by atoms with van der Waals surface area (Å²) in [5, 5.41) is 13.6. The maximum atomic E-state index is 13.3. The number of rotatable bonds is 6. The number of tetrazole rings is 1. The van der Waals surface area contributed by atoms with Gasteiger partial charge >= 0.3 is 0 Å². The minimum absolute atomic E-state index is 0.112. The number of likely N-dealkylation sites (tertiary alicyclic amines) is 1. The van der Waals surface area contributed by atoms with Gasteiger partial charge in [-0.05, 0) is 72.2 Å². The summed E-state index contributed by atoms with van der Waals surface area (Å²) in [4.78, 5) is 18.7. The summed E-state index contributed by atoms with van der Waals surface area (Å²) in [6, 6.07) is 7.38. The topological polar surface area (TPSA) is 98.2 Å². The van der Waals surface area contributed by atoms with Crippen LogP contribution in [0.3, 0.4) is 0 Å². The van der Waals surface area contributed by atoms with Gasteiger partial charge in [0.2, 0.25) is 0 Å². The number of pyridine rings is 1. The van der Waals surface area contributed by atoms with Gasteiger partial charge in [-0.15, -0.1) is 5.10 Å². The molecule has 5 rings (SSSR count). The zero-order valence-electron chi connectivity index (χ0n) is 18.7. The van der Waals surface area contributed by atoms with Gasteiger partial charge in [0, 0.05) is 24.8 Å². The number of hydrogen-bond donors (Lipinski definition) is 1. The van der Waals surface area contributed by atoms with Gasteiger partial charge < -0.3 is 14.5 Å². The summed E-state index contributed by atoms with van der Waals surface area (Å²) >= 11 is 0. The fourth-order valence-electron chi connectivity index (χ4n) is 5.01. The Hall–Kier alpha value is -2.78. The largest absolute Gasteiger partial charge is 0.497 e. The predicted molar refractivity (Wildman–Crippen MR) is 120 cm³/mol. The zero-order valence-corrected chi connectivity index (χ0v) is 18.7. The Bertz CT molecular complexity index is 1140. The molecule has 32 heavy (non-hydrogen) atoms. The number of hydrogen-bond acceptors (Lipinski definition) is 7. The van der Waals surface area contributed by atoms with Crippen molar-refractivity contribution in [3.8, 4) is 5.75 Å². The summed E-state index contributed by atoms with van der Waals surface area (Å²) in [6.45, 7) is 5.45. The first kappa shape index (κ1) is 21.1. The Morgan fingerprint density at radius 2 is 2.19 bits per heavy atom. The van der Waals surface area contributed by atoms with Crippen LogP contribution in [0.1, 0.15) is 50.0 Å². The van der Waals surface area contributed by atoms with E-state index in [1.165, 1.54) is 6.42 Å². The number of benzene rings is 1. The van der Waals surface area contributed by atoms with Gasteiger partial charge in [-0.1, -0.05) is 6.92 Å². The first-order valence-corrected chi connectivity index (χ1v) is 11.4. The second kappa shape index (κ2) is 8.99. The SMILES string of the molecule is COc1ccc2cc([C@@H](c3nnnn3C[C@@H]3CCCO3)N3CCC[C@H](C)C3)c(=O)[nH]c2c1. The van der Waals surface area contributed by atoms with Crippen molar-refractivity contribution in [2.45, 2.75) is 51.3 Å². The van der Waals surface area contributed by atoms with E-state index in [2.05, 4.69) is 32.3 Å². The van der Waals surface area contributed by atoms with Crippen LogP contribution < -0.4 is 10.3 Å². The molecule has 0 amide bonds. The molecular formula is C23H30N6O3. The molecule has 0 radical (unpaired) electrons. The molecule has 0 bridgehead atoms. The van der Waals surface area contributed by atoms with Crippen molar-refractivity contribution in [2.24, 2.45) is 5.92 Å². The van der Waals surface area contributed by atoms with E-state index in [4.69, 9.17) is 9.47 Å². The molecule has 3 atom stereocenters. The summed E-state index contributed by atoms with van der Waals surface area (Å²) in [7, 11) is 1.62. The van der Waals surface area contributed by atoms with Crippen molar-refractivity contribution >= 4 is 10.9 Å². The van der Waals surface area contributed by atoms with Gasteiger partial charge in [0.05, 0.1) is 25.3 Å². The van der Waals surface area contributed by atoms with Crippen molar-refractivity contribution in [3.05, 3.63) is 46.0 Å². The highest BCUT2D eigenvalue weighted by Crippen LogP contribution is 2.31. The van der Waals surface area contributed by atoms with Crippen molar-refractivity contribution in [3.63, 3.8) is 0 Å². The third-order valence-corrected chi connectivity index (χ3v) is 6.63. The lowest BCUT2D eigenvalue weighted by Crippen LogP contribution is -2.41. The van der Waals surface area contributed by atoms with E-state index in [1.54, 1.807) is 7.11 Å². The minimum atomic E-state index is -0.315. The van der Waals surface area contributed by atoms with Gasteiger partial charge in [0.15, 0.2) is 5.82 Å². The van der Waals surface area contributed by atoms with Crippen LogP contribution in [0, 0.1) is 5.92 Å². The lowest BCUT2D eigenvalue weighted by atomic mass is 9.95. The number of nitrogens with zero attached hydrogens (tertiary/aromatic N) is 5. The Kier molecular flexibility index (Phi) is 5.93. The fourth-order valence-corrected chi connectivity index (χ4v) is 5.01. The fraction of sp³-hybridized carbons (Fsp3) is 0.565. The van der Waals surface area contributed by atoms with Crippen LogP contribution in [0.2, 0.25) is 0 Å². The highest BCUT2D eigenvalue weighted by atomic mass is 16.5. The number of aromatic amines is 1. The summed E-state index contributed by atoms with van der Waals surface area (Å²) < 4.78 is 13.0. The quantitative estimate of drug-likeness (QED) is 0.631. The highest BCUT2D eigenvalue weighted by Gasteiger charge is 2.33. The molecule has 3 aromatic rings. The molecule has 4 heterocycles. The number of H-pyrrole nitrogens is 1. The smallest absolute Gasteiger partial charge is 0.253 e. The first-order valence-electron chi connectivity index (χ1n) is 11.4. The maximum absolute atomic E-state index is 13.3. The second-order valence-electron chi connectivity index (χ2n) is 9.01. The molecule has 0 spiro atoms. The Balaban J connectivity index is 1.59. The summed E-state index contributed by atoms with van der Waals surface area (Å²) in [5.41, 5.74) is 1.30. The Morgan fingerprint density at radius 3 is 2.97 bits per heavy atom. The lowest BCUT2D eigenvalue weighted by molar-refractivity contribution is 0.0889. The third kappa shape index (κ3) is 4.14. The number of aromatic nitrogens is 5. The Morgan fingerprint density at radius 1 is 1.28 bits per heavy atom. The number of nitrogens with one attached hydrogen (secondary N) is 1. The summed E-state index contributed by atoms with van der Waals surface area (Å²) in [6.07, 6.45) is 4.46. The molecule has 2 aliphatic heterocycles. The second-order valence-corrected chi connectivity index (χ2v) is 9.01. The molecule has 9 nitrogen and oxygen atoms in total. The molecule has 1 N–H and O–H groups in total. The monoisotopic (exact) mass is 438 g/mol. The van der Waals surface area contributed by atoms with Gasteiger partial charge in [-0.25, -0.2) is 4.68 Å². The third-order valence-electron chi connectivity index (χ3n) is 6.63.